The molecule has 0 saturated heterocycles. The number of rotatable bonds is 7. The molecule has 1 aromatic carbocycles. The highest BCUT2D eigenvalue weighted by Gasteiger charge is 2.13. The van der Waals surface area contributed by atoms with Gasteiger partial charge in [-0.15, -0.1) is 0 Å². The van der Waals surface area contributed by atoms with E-state index in [1.807, 2.05) is 0 Å². The Hall–Kier alpha value is -1.55. The molecule has 0 spiro atoms. The van der Waals surface area contributed by atoms with Gasteiger partial charge in [0.1, 0.15) is 0 Å². The number of carboxylic acid groups (broad SMARTS) is 1. The van der Waals surface area contributed by atoms with Gasteiger partial charge >= 0.3 is 5.97 Å². The van der Waals surface area contributed by atoms with Crippen molar-refractivity contribution in [3.8, 4) is 0 Å². The van der Waals surface area contributed by atoms with Crippen molar-refractivity contribution in [1.82, 2.24) is 0 Å². The van der Waals surface area contributed by atoms with Crippen LogP contribution in [0.3, 0.4) is 0 Å². The van der Waals surface area contributed by atoms with Crippen LogP contribution in [0.15, 0.2) is 18.2 Å². The number of hydrogen-bond acceptors (Lipinski definition) is 3. The zero-order chi connectivity index (χ0) is 13.5. The van der Waals surface area contributed by atoms with Crippen molar-refractivity contribution in [2.75, 3.05) is 12.3 Å². The largest absolute Gasteiger partial charge is 0.478 e. The molecule has 0 aliphatic heterocycles. The van der Waals surface area contributed by atoms with Gasteiger partial charge in [0.2, 0.25) is 0 Å². The summed E-state index contributed by atoms with van der Waals surface area (Å²) in [4.78, 5) is 11.1. The van der Waals surface area contributed by atoms with Crippen molar-refractivity contribution in [2.24, 2.45) is 5.92 Å². The highest BCUT2D eigenvalue weighted by atomic mass is 16.5. The van der Waals surface area contributed by atoms with Crippen LogP contribution in [0.25, 0.3) is 0 Å². The molecule has 0 saturated carbocycles. The molecule has 1 aromatic rings. The Morgan fingerprint density at radius 3 is 2.78 bits per heavy atom. The normalized spacial score (nSPS) is 10.8. The zero-order valence-electron chi connectivity index (χ0n) is 11.0. The van der Waals surface area contributed by atoms with E-state index in [1.54, 1.807) is 18.2 Å². The molecule has 0 heterocycles. The van der Waals surface area contributed by atoms with Gasteiger partial charge in [0, 0.05) is 12.3 Å². The number of ether oxygens (including phenoxy) is 1. The van der Waals surface area contributed by atoms with Crippen LogP contribution in [0.5, 0.6) is 0 Å². The zero-order valence-corrected chi connectivity index (χ0v) is 11.0. The Morgan fingerprint density at radius 1 is 1.44 bits per heavy atom. The standard InChI is InChI=1S/C14H21NO3/c1-10(2)5-4-8-18-9-11-6-3-7-12(15)13(11)14(16)17/h3,6-7,10H,4-5,8-9,15H2,1-2H3,(H,16,17). The Labute approximate surface area is 108 Å². The molecule has 4 heteroatoms. The summed E-state index contributed by atoms with van der Waals surface area (Å²) in [6.07, 6.45) is 2.10. The number of aromatic carboxylic acids is 1. The third-order valence-corrected chi connectivity index (χ3v) is 2.72. The molecule has 0 bridgehead atoms. The summed E-state index contributed by atoms with van der Waals surface area (Å²) >= 11 is 0. The summed E-state index contributed by atoms with van der Waals surface area (Å²) in [6.45, 7) is 5.28. The minimum absolute atomic E-state index is 0.154. The van der Waals surface area contributed by atoms with Crippen molar-refractivity contribution in [2.45, 2.75) is 33.3 Å². The fourth-order valence-corrected chi connectivity index (χ4v) is 1.78. The number of carboxylic acids is 1. The van der Waals surface area contributed by atoms with Crippen LogP contribution >= 0.6 is 0 Å². The number of carbonyl (C=O) groups is 1. The predicted octanol–water partition coefficient (Wildman–Crippen LogP) is 2.92. The predicted molar refractivity (Wildman–Crippen MR) is 71.5 cm³/mol. The molecule has 0 fully saturated rings. The third-order valence-electron chi connectivity index (χ3n) is 2.72. The molecule has 0 aromatic heterocycles. The third kappa shape index (κ3) is 4.37. The fourth-order valence-electron chi connectivity index (χ4n) is 1.78. The van der Waals surface area contributed by atoms with E-state index in [-0.39, 0.29) is 11.3 Å². The van der Waals surface area contributed by atoms with Crippen molar-refractivity contribution >= 4 is 11.7 Å². The first kappa shape index (κ1) is 14.5. The van der Waals surface area contributed by atoms with Gasteiger partial charge in [-0.2, -0.15) is 0 Å². The average molecular weight is 251 g/mol. The Morgan fingerprint density at radius 2 is 2.17 bits per heavy atom. The van der Waals surface area contributed by atoms with E-state index in [4.69, 9.17) is 15.6 Å². The number of hydrogen-bond donors (Lipinski definition) is 2. The van der Waals surface area contributed by atoms with Crippen LogP contribution in [0, 0.1) is 5.92 Å². The van der Waals surface area contributed by atoms with Gasteiger partial charge in [-0.1, -0.05) is 26.0 Å². The van der Waals surface area contributed by atoms with Gasteiger partial charge in [0.05, 0.1) is 12.2 Å². The van der Waals surface area contributed by atoms with E-state index in [0.717, 1.165) is 12.8 Å². The first-order chi connectivity index (χ1) is 8.52. The van der Waals surface area contributed by atoms with E-state index in [2.05, 4.69) is 13.8 Å². The van der Waals surface area contributed by atoms with Crippen LogP contribution in [0.1, 0.15) is 42.6 Å². The molecule has 4 nitrogen and oxygen atoms in total. The summed E-state index contributed by atoms with van der Waals surface area (Å²) < 4.78 is 5.50. The van der Waals surface area contributed by atoms with Crippen LogP contribution in [-0.4, -0.2) is 17.7 Å². The van der Waals surface area contributed by atoms with Crippen LogP contribution in [0.4, 0.5) is 5.69 Å². The van der Waals surface area contributed by atoms with Crippen molar-refractivity contribution in [3.05, 3.63) is 29.3 Å². The maximum absolute atomic E-state index is 11.1. The van der Waals surface area contributed by atoms with Gasteiger partial charge in [-0.05, 0) is 30.4 Å². The lowest BCUT2D eigenvalue weighted by Crippen LogP contribution is -2.08. The van der Waals surface area contributed by atoms with Gasteiger partial charge in [0.25, 0.3) is 0 Å². The molecule has 18 heavy (non-hydrogen) atoms. The second-order valence-electron chi connectivity index (χ2n) is 4.78. The molecular weight excluding hydrogens is 230 g/mol. The molecule has 0 amide bonds. The molecule has 100 valence electrons. The summed E-state index contributed by atoms with van der Waals surface area (Å²) in [7, 11) is 0. The summed E-state index contributed by atoms with van der Waals surface area (Å²) in [5.41, 5.74) is 6.72. The Bertz CT molecular complexity index is 402. The Balaban J connectivity index is 2.52. The minimum Gasteiger partial charge on any atom is -0.478 e. The quantitative estimate of drug-likeness (QED) is 0.577. The summed E-state index contributed by atoms with van der Waals surface area (Å²) in [5, 5.41) is 9.09. The fraction of sp³-hybridized carbons (Fsp3) is 0.500. The molecule has 0 unspecified atom stereocenters. The topological polar surface area (TPSA) is 72.5 Å². The SMILES string of the molecule is CC(C)CCCOCc1cccc(N)c1C(=O)O. The lowest BCUT2D eigenvalue weighted by atomic mass is 10.1. The van der Waals surface area contributed by atoms with Gasteiger partial charge in [-0.25, -0.2) is 4.79 Å². The average Bonchev–Trinajstić information content (AvgIpc) is 2.27. The monoisotopic (exact) mass is 251 g/mol. The molecule has 0 aliphatic rings. The lowest BCUT2D eigenvalue weighted by Gasteiger charge is -2.10. The van der Waals surface area contributed by atoms with E-state index < -0.39 is 5.97 Å². The highest BCUT2D eigenvalue weighted by Crippen LogP contribution is 2.18. The van der Waals surface area contributed by atoms with Crippen LogP contribution in [-0.2, 0) is 11.3 Å². The summed E-state index contributed by atoms with van der Waals surface area (Å²) in [5.74, 6) is -0.343. The lowest BCUT2D eigenvalue weighted by molar-refractivity contribution is 0.0687. The second-order valence-corrected chi connectivity index (χ2v) is 4.78. The van der Waals surface area contributed by atoms with Crippen LogP contribution in [0.2, 0.25) is 0 Å². The highest BCUT2D eigenvalue weighted by molar-refractivity contribution is 5.95. The van der Waals surface area contributed by atoms with E-state index in [9.17, 15) is 4.79 Å². The number of benzene rings is 1. The molecule has 0 aliphatic carbocycles. The van der Waals surface area contributed by atoms with E-state index >= 15 is 0 Å². The molecular formula is C14H21NO3. The van der Waals surface area contributed by atoms with E-state index in [1.165, 1.54) is 0 Å². The van der Waals surface area contributed by atoms with Crippen molar-refractivity contribution in [3.63, 3.8) is 0 Å². The number of nitrogens with two attached hydrogens (primary N) is 1. The number of nitrogen functional groups attached to an aromatic ring is 1. The molecule has 1 rings (SSSR count). The van der Waals surface area contributed by atoms with E-state index in [0.29, 0.717) is 24.7 Å². The minimum atomic E-state index is -1.01. The molecule has 0 atom stereocenters. The first-order valence-electron chi connectivity index (χ1n) is 6.20. The Kier molecular flexibility index (Phi) is 5.65. The maximum atomic E-state index is 11.1. The van der Waals surface area contributed by atoms with Crippen LogP contribution < -0.4 is 5.73 Å². The number of anilines is 1. The van der Waals surface area contributed by atoms with Gasteiger partial charge in [0.15, 0.2) is 0 Å². The van der Waals surface area contributed by atoms with Gasteiger partial charge in [-0.3, -0.25) is 0 Å². The van der Waals surface area contributed by atoms with Gasteiger partial charge < -0.3 is 15.6 Å². The van der Waals surface area contributed by atoms with Crippen molar-refractivity contribution < 1.29 is 14.6 Å². The summed E-state index contributed by atoms with van der Waals surface area (Å²) in [6, 6.07) is 5.07. The molecule has 3 N–H and O–H groups in total. The first-order valence-corrected chi connectivity index (χ1v) is 6.20. The van der Waals surface area contributed by atoms with Crippen molar-refractivity contribution in [1.29, 1.82) is 0 Å². The maximum Gasteiger partial charge on any atom is 0.338 e. The molecule has 0 radical (unpaired) electrons. The second kappa shape index (κ2) is 7.01. The smallest absolute Gasteiger partial charge is 0.338 e.